The molecule has 0 unspecified atom stereocenters. The topological polar surface area (TPSA) is 55.6 Å². The molecule has 0 saturated heterocycles. The fraction of sp³-hybridized carbons (Fsp3) is 0.375. The highest BCUT2D eigenvalue weighted by molar-refractivity contribution is 7.13. The molecule has 1 N–H and O–H groups in total. The van der Waals surface area contributed by atoms with Gasteiger partial charge in [0.1, 0.15) is 5.01 Å². The van der Waals surface area contributed by atoms with Gasteiger partial charge in [0, 0.05) is 12.7 Å². The number of hydrogen-bond acceptors (Lipinski definition) is 5. The van der Waals surface area contributed by atoms with Crippen LogP contribution in [0.1, 0.15) is 10.7 Å². The summed E-state index contributed by atoms with van der Waals surface area (Å²) in [6, 6.07) is 0.902. The molecule has 9 heteroatoms. The van der Waals surface area contributed by atoms with E-state index in [9.17, 15) is 13.2 Å². The Hall–Kier alpha value is -1.48. The van der Waals surface area contributed by atoms with Crippen molar-refractivity contribution in [3.05, 3.63) is 23.0 Å². The first-order valence-electron chi connectivity index (χ1n) is 4.61. The van der Waals surface area contributed by atoms with Crippen molar-refractivity contribution in [2.75, 3.05) is 7.05 Å². The second-order valence-corrected chi connectivity index (χ2v) is 4.19. The van der Waals surface area contributed by atoms with E-state index in [4.69, 9.17) is 0 Å². The zero-order valence-corrected chi connectivity index (χ0v) is 9.51. The molecule has 2 aromatic heterocycles. The number of nitrogens with one attached hydrogen (secondary N) is 1. The molecule has 0 amide bonds. The van der Waals surface area contributed by atoms with Crippen molar-refractivity contribution in [2.45, 2.75) is 12.7 Å². The van der Waals surface area contributed by atoms with Crippen molar-refractivity contribution in [1.82, 2.24) is 25.3 Å². The fourth-order valence-corrected chi connectivity index (χ4v) is 1.93. The van der Waals surface area contributed by atoms with Gasteiger partial charge < -0.3 is 5.32 Å². The minimum Gasteiger partial charge on any atom is -0.313 e. The summed E-state index contributed by atoms with van der Waals surface area (Å²) >= 11 is 1.18. The van der Waals surface area contributed by atoms with Gasteiger partial charge in [-0.25, -0.2) is 4.68 Å². The largest absolute Gasteiger partial charge is 0.435 e. The lowest BCUT2D eigenvalue weighted by Crippen LogP contribution is -2.07. The quantitative estimate of drug-likeness (QED) is 0.911. The predicted molar refractivity (Wildman–Crippen MR) is 54.8 cm³/mol. The molecular weight excluding hydrogens is 255 g/mol. The van der Waals surface area contributed by atoms with E-state index in [0.29, 0.717) is 16.7 Å². The first-order valence-corrected chi connectivity index (χ1v) is 5.42. The first-order chi connectivity index (χ1) is 8.00. The number of alkyl halides is 3. The average Bonchev–Trinajstić information content (AvgIpc) is 2.82. The third-order valence-corrected chi connectivity index (χ3v) is 2.77. The first kappa shape index (κ1) is 12.0. The number of hydrogen-bond donors (Lipinski definition) is 1. The summed E-state index contributed by atoms with van der Waals surface area (Å²) in [7, 11) is 1.75. The maximum absolute atomic E-state index is 12.3. The minimum absolute atomic E-state index is 0.311. The molecule has 0 fully saturated rings. The van der Waals surface area contributed by atoms with Crippen molar-refractivity contribution in [1.29, 1.82) is 0 Å². The van der Waals surface area contributed by atoms with Gasteiger partial charge in [0.05, 0.1) is 0 Å². The van der Waals surface area contributed by atoms with Gasteiger partial charge in [-0.3, -0.25) is 0 Å². The summed E-state index contributed by atoms with van der Waals surface area (Å²) in [6.07, 6.45) is -3.23. The lowest BCUT2D eigenvalue weighted by Gasteiger charge is -1.99. The Morgan fingerprint density at radius 1 is 1.41 bits per heavy atom. The van der Waals surface area contributed by atoms with E-state index in [1.54, 1.807) is 7.05 Å². The highest BCUT2D eigenvalue weighted by Gasteiger charge is 2.33. The highest BCUT2D eigenvalue weighted by Crippen LogP contribution is 2.28. The van der Waals surface area contributed by atoms with Crippen molar-refractivity contribution in [3.8, 4) is 5.13 Å². The number of aromatic nitrogens is 4. The van der Waals surface area contributed by atoms with Crippen LogP contribution >= 0.6 is 11.3 Å². The standard InChI is InChI=1S/C8H8F3N5S/c1-12-4-6-13-14-7(17-6)16-3-2-5(15-16)8(9,10)11/h2-3,12H,4H2,1H3. The van der Waals surface area contributed by atoms with E-state index in [2.05, 4.69) is 20.6 Å². The molecule has 17 heavy (non-hydrogen) atoms. The third kappa shape index (κ3) is 2.61. The molecule has 2 aromatic rings. The zero-order valence-electron chi connectivity index (χ0n) is 8.69. The molecule has 2 rings (SSSR count). The summed E-state index contributed by atoms with van der Waals surface area (Å²) in [5.41, 5.74) is -0.942. The molecule has 0 aliphatic carbocycles. The SMILES string of the molecule is CNCc1nnc(-n2ccc(C(F)(F)F)n2)s1. The molecule has 92 valence electrons. The summed E-state index contributed by atoms with van der Waals surface area (Å²) in [4.78, 5) is 0. The van der Waals surface area contributed by atoms with Crippen LogP contribution in [-0.4, -0.2) is 27.0 Å². The Balaban J connectivity index is 2.24. The van der Waals surface area contributed by atoms with Gasteiger partial charge in [0.15, 0.2) is 5.69 Å². The molecule has 0 aliphatic heterocycles. The van der Waals surface area contributed by atoms with Gasteiger partial charge in [0.2, 0.25) is 5.13 Å². The average molecular weight is 263 g/mol. The highest BCUT2D eigenvalue weighted by atomic mass is 32.1. The Morgan fingerprint density at radius 2 is 2.18 bits per heavy atom. The summed E-state index contributed by atoms with van der Waals surface area (Å²) in [5.74, 6) is 0. The van der Waals surface area contributed by atoms with Crippen molar-refractivity contribution in [3.63, 3.8) is 0 Å². The van der Waals surface area contributed by atoms with E-state index >= 15 is 0 Å². The van der Waals surface area contributed by atoms with Gasteiger partial charge in [-0.2, -0.15) is 18.3 Å². The molecule has 0 aliphatic rings. The summed E-state index contributed by atoms with van der Waals surface area (Å²) in [6.45, 7) is 0.519. The molecular formula is C8H8F3N5S. The van der Waals surface area contributed by atoms with E-state index in [0.717, 1.165) is 10.7 Å². The second-order valence-electron chi connectivity index (χ2n) is 3.15. The van der Waals surface area contributed by atoms with Crippen LogP contribution in [0.5, 0.6) is 0 Å². The van der Waals surface area contributed by atoms with Crippen molar-refractivity contribution in [2.24, 2.45) is 0 Å². The van der Waals surface area contributed by atoms with Crippen molar-refractivity contribution >= 4 is 11.3 Å². The van der Waals surface area contributed by atoms with Gasteiger partial charge >= 0.3 is 6.18 Å². The van der Waals surface area contributed by atoms with Gasteiger partial charge in [-0.05, 0) is 13.1 Å². The van der Waals surface area contributed by atoms with Gasteiger partial charge in [-0.15, -0.1) is 10.2 Å². The second kappa shape index (κ2) is 4.41. The van der Waals surface area contributed by atoms with Crippen LogP contribution < -0.4 is 5.32 Å². The number of halogens is 3. The Labute approximate surface area is 98.3 Å². The van der Waals surface area contributed by atoms with E-state index < -0.39 is 11.9 Å². The van der Waals surface area contributed by atoms with Crippen LogP contribution in [-0.2, 0) is 12.7 Å². The maximum Gasteiger partial charge on any atom is 0.435 e. The minimum atomic E-state index is -4.44. The monoisotopic (exact) mass is 263 g/mol. The van der Waals surface area contributed by atoms with Gasteiger partial charge in [0.25, 0.3) is 0 Å². The maximum atomic E-state index is 12.3. The van der Waals surface area contributed by atoms with Gasteiger partial charge in [-0.1, -0.05) is 11.3 Å². The molecule has 0 spiro atoms. The van der Waals surface area contributed by atoms with Crippen LogP contribution in [0.2, 0.25) is 0 Å². The molecule has 5 nitrogen and oxygen atoms in total. The number of rotatable bonds is 3. The Kier molecular flexibility index (Phi) is 3.11. The van der Waals surface area contributed by atoms with Crippen LogP contribution in [0.15, 0.2) is 12.3 Å². The van der Waals surface area contributed by atoms with Crippen LogP contribution in [0.4, 0.5) is 13.2 Å². The molecule has 2 heterocycles. The summed E-state index contributed by atoms with van der Waals surface area (Å²) in [5, 5.41) is 14.9. The predicted octanol–water partition coefficient (Wildman–Crippen LogP) is 1.46. The van der Waals surface area contributed by atoms with Crippen molar-refractivity contribution < 1.29 is 13.2 Å². The van der Waals surface area contributed by atoms with E-state index in [1.807, 2.05) is 0 Å². The molecule has 0 aromatic carbocycles. The zero-order chi connectivity index (χ0) is 12.5. The Morgan fingerprint density at radius 3 is 2.76 bits per heavy atom. The molecule has 0 saturated carbocycles. The lowest BCUT2D eigenvalue weighted by atomic mass is 10.4. The van der Waals surface area contributed by atoms with Crippen LogP contribution in [0, 0.1) is 0 Å². The summed E-state index contributed by atoms with van der Waals surface area (Å²) < 4.78 is 38.0. The van der Waals surface area contributed by atoms with E-state index in [1.165, 1.54) is 17.5 Å². The van der Waals surface area contributed by atoms with E-state index in [-0.39, 0.29) is 0 Å². The fourth-order valence-electron chi connectivity index (χ4n) is 1.14. The lowest BCUT2D eigenvalue weighted by molar-refractivity contribution is -0.141. The smallest absolute Gasteiger partial charge is 0.313 e. The Bertz CT molecular complexity index is 503. The molecule has 0 atom stereocenters. The third-order valence-electron chi connectivity index (χ3n) is 1.86. The van der Waals surface area contributed by atoms with Crippen LogP contribution in [0.25, 0.3) is 5.13 Å². The number of nitrogens with zero attached hydrogens (tertiary/aromatic N) is 4. The van der Waals surface area contributed by atoms with Crippen LogP contribution in [0.3, 0.4) is 0 Å². The molecule has 0 radical (unpaired) electrons. The normalized spacial score (nSPS) is 12.0. The molecule has 0 bridgehead atoms.